The van der Waals surface area contributed by atoms with E-state index in [0.717, 1.165) is 23.4 Å². The molecule has 0 heterocycles. The first kappa shape index (κ1) is 25.8. The van der Waals surface area contributed by atoms with Crippen molar-refractivity contribution in [1.29, 1.82) is 0 Å². The van der Waals surface area contributed by atoms with E-state index in [1.165, 1.54) is 11.3 Å². The van der Waals surface area contributed by atoms with Gasteiger partial charge < -0.3 is 25.4 Å². The minimum atomic E-state index is -0.311. The molecule has 0 radical (unpaired) electrons. The van der Waals surface area contributed by atoms with Gasteiger partial charge in [-0.3, -0.25) is 9.59 Å². The first-order valence-electron chi connectivity index (χ1n) is 11.2. The van der Waals surface area contributed by atoms with E-state index in [1.807, 2.05) is 24.3 Å². The molecule has 0 bridgehead atoms. The number of Topliss-reactive ketones (excluding diaryl/α,β-unsaturated/α-hetero) is 1. The molecule has 1 amide bonds. The second-order valence-corrected chi connectivity index (χ2v) is 8.07. The number of anilines is 1. The lowest BCUT2D eigenvalue weighted by molar-refractivity contribution is -0.116. The highest BCUT2D eigenvalue weighted by atomic mass is 16.5. The first-order chi connectivity index (χ1) is 15.8. The molecule has 0 aromatic heterocycles. The van der Waals surface area contributed by atoms with Crippen molar-refractivity contribution in [3.63, 3.8) is 0 Å². The highest BCUT2D eigenvalue weighted by molar-refractivity contribution is 6.07. The summed E-state index contributed by atoms with van der Waals surface area (Å²) >= 11 is 0. The molecule has 7 heteroatoms. The number of ether oxygens (including phenoxy) is 1. The zero-order chi connectivity index (χ0) is 24.5. The zero-order valence-electron chi connectivity index (χ0n) is 20.4. The number of rotatable bonds is 8. The third kappa shape index (κ3) is 6.28. The molecule has 0 saturated carbocycles. The van der Waals surface area contributed by atoms with Gasteiger partial charge in [0.15, 0.2) is 11.5 Å². The number of hydrogen-bond acceptors (Lipinski definition) is 6. The Morgan fingerprint density at radius 3 is 2.27 bits per heavy atom. The number of allylic oxidation sites excluding steroid dienone is 2. The van der Waals surface area contributed by atoms with Crippen LogP contribution >= 0.6 is 0 Å². The smallest absolute Gasteiger partial charge is 0.257 e. The van der Waals surface area contributed by atoms with E-state index in [0.29, 0.717) is 17.8 Å². The van der Waals surface area contributed by atoms with Crippen LogP contribution in [-0.2, 0) is 4.79 Å². The van der Waals surface area contributed by atoms with Crippen LogP contribution in [0.15, 0.2) is 53.9 Å². The van der Waals surface area contributed by atoms with E-state index in [1.54, 1.807) is 39.4 Å². The van der Waals surface area contributed by atoms with Gasteiger partial charge in [0.25, 0.3) is 5.91 Å². The molecule has 1 aliphatic carbocycles. The highest BCUT2D eigenvalue weighted by Crippen LogP contribution is 2.33. The Kier molecular flexibility index (Phi) is 9.33. The summed E-state index contributed by atoms with van der Waals surface area (Å²) in [6, 6.07) is 12.7. The second-order valence-electron chi connectivity index (χ2n) is 8.07. The monoisotopic (exact) mass is 453 g/mol. The van der Waals surface area contributed by atoms with Crippen LogP contribution < -0.4 is 15.4 Å². The number of phenolic OH excluding ortho intramolecular Hbond substituents is 1. The number of methoxy groups -OCH3 is 1. The van der Waals surface area contributed by atoms with Crippen LogP contribution in [0.1, 0.15) is 62.0 Å². The lowest BCUT2D eigenvalue weighted by Gasteiger charge is -2.29. The summed E-state index contributed by atoms with van der Waals surface area (Å²) in [7, 11) is 4.86. The Hall–Kier alpha value is -3.48. The van der Waals surface area contributed by atoms with Crippen molar-refractivity contribution >= 4 is 17.4 Å². The molecule has 1 atom stereocenters. The van der Waals surface area contributed by atoms with Gasteiger partial charge in [0.2, 0.25) is 0 Å². The van der Waals surface area contributed by atoms with Crippen LogP contribution in [0.3, 0.4) is 0 Å². The van der Waals surface area contributed by atoms with E-state index < -0.39 is 0 Å². The number of phenols is 1. The number of carbonyl (C=O) groups is 2. The molecule has 2 aromatic carbocycles. The molecule has 0 aliphatic heterocycles. The van der Waals surface area contributed by atoms with Gasteiger partial charge in [-0.25, -0.2) is 0 Å². The maximum Gasteiger partial charge on any atom is 0.257 e. The van der Waals surface area contributed by atoms with Crippen molar-refractivity contribution in [1.82, 2.24) is 10.2 Å². The minimum Gasteiger partial charge on any atom is -0.505 e. The lowest BCUT2D eigenvalue weighted by Crippen LogP contribution is -2.34. The van der Waals surface area contributed by atoms with Gasteiger partial charge >= 0.3 is 0 Å². The van der Waals surface area contributed by atoms with E-state index in [9.17, 15) is 14.7 Å². The van der Waals surface area contributed by atoms with Crippen LogP contribution in [-0.4, -0.2) is 42.9 Å². The van der Waals surface area contributed by atoms with Gasteiger partial charge in [0, 0.05) is 19.8 Å². The Morgan fingerprint density at radius 1 is 1.12 bits per heavy atom. The predicted molar refractivity (Wildman–Crippen MR) is 132 cm³/mol. The Bertz CT molecular complexity index is 997. The highest BCUT2D eigenvalue weighted by Gasteiger charge is 2.30. The number of amides is 1. The number of nitrogens with zero attached hydrogens (tertiary/aromatic N) is 1. The van der Waals surface area contributed by atoms with E-state index in [4.69, 9.17) is 4.74 Å². The molecule has 1 unspecified atom stereocenters. The number of aromatic hydroxyl groups is 1. The van der Waals surface area contributed by atoms with Crippen LogP contribution in [0.2, 0.25) is 0 Å². The fourth-order valence-corrected chi connectivity index (χ4v) is 3.33. The zero-order valence-corrected chi connectivity index (χ0v) is 20.4. The van der Waals surface area contributed by atoms with Crippen LogP contribution in [0, 0.1) is 0 Å². The quantitative estimate of drug-likeness (QED) is 0.495. The van der Waals surface area contributed by atoms with Crippen molar-refractivity contribution in [2.24, 2.45) is 0 Å². The summed E-state index contributed by atoms with van der Waals surface area (Å²) in [4.78, 5) is 25.9. The fourth-order valence-electron chi connectivity index (χ4n) is 3.33. The molecule has 0 saturated heterocycles. The largest absolute Gasteiger partial charge is 0.505 e. The lowest BCUT2D eigenvalue weighted by atomic mass is 9.95. The summed E-state index contributed by atoms with van der Waals surface area (Å²) < 4.78 is 5.21. The number of carbonyl (C=O) groups excluding carboxylic acids is 2. The molecule has 0 fully saturated rings. The normalized spacial score (nSPS) is 13.3. The van der Waals surface area contributed by atoms with Crippen molar-refractivity contribution in [3.8, 4) is 11.5 Å². The van der Waals surface area contributed by atoms with Gasteiger partial charge in [-0.1, -0.05) is 45.4 Å². The average molecular weight is 454 g/mol. The predicted octanol–water partition coefficient (Wildman–Crippen LogP) is 4.86. The number of para-hydroxylation sites is 1. The molecule has 178 valence electrons. The SMILES string of the molecule is CCC.CCC(NC1=C(Nc2cccc(C(=O)N(C)C)c2O)C(=O)C1)c1ccc(OC)cc1. The van der Waals surface area contributed by atoms with Crippen LogP contribution in [0.4, 0.5) is 5.69 Å². The van der Waals surface area contributed by atoms with E-state index in [2.05, 4.69) is 31.4 Å². The summed E-state index contributed by atoms with van der Waals surface area (Å²) in [5, 5.41) is 17.0. The molecule has 7 nitrogen and oxygen atoms in total. The van der Waals surface area contributed by atoms with Crippen molar-refractivity contribution in [3.05, 3.63) is 65.0 Å². The number of ketones is 1. The van der Waals surface area contributed by atoms with Crippen LogP contribution in [0.5, 0.6) is 11.5 Å². The van der Waals surface area contributed by atoms with Gasteiger partial charge in [-0.2, -0.15) is 0 Å². The third-order valence-corrected chi connectivity index (χ3v) is 5.13. The number of nitrogens with one attached hydrogen (secondary N) is 2. The van der Waals surface area contributed by atoms with Crippen molar-refractivity contribution < 1.29 is 19.4 Å². The first-order valence-corrected chi connectivity index (χ1v) is 11.2. The Labute approximate surface area is 196 Å². The van der Waals surface area contributed by atoms with Gasteiger partial charge in [-0.05, 0) is 36.2 Å². The Balaban J connectivity index is 0.00000122. The molecular weight excluding hydrogens is 418 g/mol. The van der Waals surface area contributed by atoms with E-state index >= 15 is 0 Å². The standard InChI is InChI=1S/C23H27N3O4.C3H8/c1-5-17(14-9-11-15(30-4)12-10-14)24-19-13-20(27)21(19)25-18-8-6-7-16(22(18)28)23(29)26(2)3;1-3-2/h6-12,17,24-25,28H,5,13H2,1-4H3;3H2,1-2H3. The molecule has 2 aromatic rings. The summed E-state index contributed by atoms with van der Waals surface area (Å²) in [5.41, 5.74) is 2.78. The average Bonchev–Trinajstić information content (AvgIpc) is 2.81. The van der Waals surface area contributed by atoms with E-state index in [-0.39, 0.29) is 29.0 Å². The maximum absolute atomic E-state index is 12.2. The van der Waals surface area contributed by atoms with Crippen molar-refractivity contribution in [2.75, 3.05) is 26.5 Å². The molecule has 33 heavy (non-hydrogen) atoms. The number of benzene rings is 2. The minimum absolute atomic E-state index is 0.0334. The summed E-state index contributed by atoms with van der Waals surface area (Å²) in [6.45, 7) is 6.32. The van der Waals surface area contributed by atoms with Gasteiger partial charge in [0.1, 0.15) is 11.4 Å². The molecule has 3 rings (SSSR count). The molecule has 1 aliphatic rings. The van der Waals surface area contributed by atoms with Gasteiger partial charge in [0.05, 0.1) is 30.8 Å². The summed E-state index contributed by atoms with van der Waals surface area (Å²) in [6.07, 6.45) is 2.38. The van der Waals surface area contributed by atoms with Gasteiger partial charge in [-0.15, -0.1) is 0 Å². The number of hydrogen-bond donors (Lipinski definition) is 3. The molecular formula is C26H35N3O4. The second kappa shape index (κ2) is 11.9. The maximum atomic E-state index is 12.2. The topological polar surface area (TPSA) is 90.9 Å². The molecule has 3 N–H and O–H groups in total. The third-order valence-electron chi connectivity index (χ3n) is 5.13. The fraction of sp³-hybridized carbons (Fsp3) is 0.385. The molecule has 0 spiro atoms. The van der Waals surface area contributed by atoms with Crippen molar-refractivity contribution in [2.45, 2.75) is 46.1 Å². The summed E-state index contributed by atoms with van der Waals surface area (Å²) in [5.74, 6) is 0.251. The Morgan fingerprint density at radius 2 is 1.76 bits per heavy atom. The van der Waals surface area contributed by atoms with Crippen LogP contribution in [0.25, 0.3) is 0 Å².